The van der Waals surface area contributed by atoms with Gasteiger partial charge in [0.15, 0.2) is 0 Å². The summed E-state index contributed by atoms with van der Waals surface area (Å²) in [4.78, 5) is 64.5. The normalized spacial score (nSPS) is 17.4. The van der Waals surface area contributed by atoms with E-state index in [0.717, 1.165) is 5.56 Å². The zero-order valence-electron chi connectivity index (χ0n) is 27.8. The molecule has 12 nitrogen and oxygen atoms in total. The standard InChI is InChI=1S/C33H52N4O8/c1-8-43-27(38)15-14-25(19-24-16-17-34-29(24)39)35-30(40)26(18-21(2)3)36-31(41)28(22(4)45-33(5,6)7)37-32(42)44-20-23-12-10-9-11-13-23/h9-13,21-22,24-26,28H,8,14-20H2,1-7H3,(H,34,39)(H,35,40)(H,36,41)(H,37,42)/t22-,24+,25-,26+,28+/m1/s1. The predicted octanol–water partition coefficient (Wildman–Crippen LogP) is 3.37. The van der Waals surface area contributed by atoms with Crippen LogP contribution in [0.2, 0.25) is 0 Å². The summed E-state index contributed by atoms with van der Waals surface area (Å²) < 4.78 is 16.4. The SMILES string of the molecule is CCOC(=O)CC[C@H](C[C@@H]1CCNC1=O)NC(=O)[C@H](CC(C)C)NC(=O)[C@@H](NC(=O)OCc1ccccc1)[C@@H](C)OC(C)(C)C. The van der Waals surface area contributed by atoms with Crippen molar-refractivity contribution < 1.29 is 38.2 Å². The molecule has 5 atom stereocenters. The second kappa shape index (κ2) is 18.3. The van der Waals surface area contributed by atoms with Gasteiger partial charge in [-0.15, -0.1) is 0 Å². The summed E-state index contributed by atoms with van der Waals surface area (Å²) in [5.74, 6) is -1.79. The number of rotatable bonds is 17. The maximum atomic E-state index is 13.7. The molecule has 1 aliphatic rings. The Morgan fingerprint density at radius 2 is 1.67 bits per heavy atom. The van der Waals surface area contributed by atoms with Gasteiger partial charge in [0.2, 0.25) is 17.7 Å². The summed E-state index contributed by atoms with van der Waals surface area (Å²) >= 11 is 0. The maximum absolute atomic E-state index is 13.7. The van der Waals surface area contributed by atoms with E-state index in [0.29, 0.717) is 25.8 Å². The van der Waals surface area contributed by atoms with Crippen LogP contribution in [0, 0.1) is 11.8 Å². The van der Waals surface area contributed by atoms with E-state index in [9.17, 15) is 24.0 Å². The minimum absolute atomic E-state index is 0.0140. The first-order valence-corrected chi connectivity index (χ1v) is 15.9. The van der Waals surface area contributed by atoms with Crippen molar-refractivity contribution in [2.45, 2.75) is 117 Å². The van der Waals surface area contributed by atoms with Gasteiger partial charge < -0.3 is 35.5 Å². The highest BCUT2D eigenvalue weighted by Crippen LogP contribution is 2.20. The van der Waals surface area contributed by atoms with Crippen molar-refractivity contribution >= 4 is 29.8 Å². The second-order valence-corrected chi connectivity index (χ2v) is 12.9. The van der Waals surface area contributed by atoms with E-state index in [1.807, 2.05) is 65.0 Å². The molecule has 1 saturated heterocycles. The lowest BCUT2D eigenvalue weighted by atomic mass is 9.94. The molecule has 2 rings (SSSR count). The molecule has 1 fully saturated rings. The summed E-state index contributed by atoms with van der Waals surface area (Å²) in [6.45, 7) is 13.6. The Morgan fingerprint density at radius 3 is 2.24 bits per heavy atom. The molecule has 4 N–H and O–H groups in total. The molecule has 0 spiro atoms. The number of benzene rings is 1. The molecule has 0 bridgehead atoms. The molecule has 4 amide bonds. The summed E-state index contributed by atoms with van der Waals surface area (Å²) in [5, 5.41) is 11.2. The summed E-state index contributed by atoms with van der Waals surface area (Å²) in [5.41, 5.74) is 0.162. The molecule has 45 heavy (non-hydrogen) atoms. The summed E-state index contributed by atoms with van der Waals surface area (Å²) in [6.07, 6.45) is 0.0876. The van der Waals surface area contributed by atoms with Gasteiger partial charge in [0, 0.05) is 24.9 Å². The van der Waals surface area contributed by atoms with Gasteiger partial charge in [-0.25, -0.2) is 4.79 Å². The number of amides is 4. The van der Waals surface area contributed by atoms with Gasteiger partial charge in [-0.1, -0.05) is 44.2 Å². The lowest BCUT2D eigenvalue weighted by molar-refractivity contribution is -0.143. The Kier molecular flexibility index (Phi) is 15.3. The minimum Gasteiger partial charge on any atom is -0.466 e. The molecule has 0 radical (unpaired) electrons. The van der Waals surface area contributed by atoms with Crippen LogP contribution in [-0.2, 0) is 40.0 Å². The number of hydrogen-bond acceptors (Lipinski definition) is 8. The number of hydrogen-bond donors (Lipinski definition) is 4. The number of alkyl carbamates (subject to hydrolysis) is 1. The van der Waals surface area contributed by atoms with Gasteiger partial charge in [0.25, 0.3) is 0 Å². The highest BCUT2D eigenvalue weighted by Gasteiger charge is 2.35. The zero-order valence-corrected chi connectivity index (χ0v) is 27.8. The Balaban J connectivity index is 2.19. The molecular formula is C33H52N4O8. The second-order valence-electron chi connectivity index (χ2n) is 12.9. The topological polar surface area (TPSA) is 161 Å². The Hall–Kier alpha value is -3.67. The average Bonchev–Trinajstić information content (AvgIpc) is 3.36. The van der Waals surface area contributed by atoms with Crippen molar-refractivity contribution in [3.8, 4) is 0 Å². The minimum atomic E-state index is -1.17. The Bertz CT molecular complexity index is 1120. The van der Waals surface area contributed by atoms with E-state index in [-0.39, 0.29) is 49.8 Å². The predicted molar refractivity (Wildman–Crippen MR) is 169 cm³/mol. The number of ether oxygens (including phenoxy) is 3. The smallest absolute Gasteiger partial charge is 0.408 e. The number of nitrogens with one attached hydrogen (secondary N) is 4. The highest BCUT2D eigenvalue weighted by molar-refractivity contribution is 5.92. The number of carbonyl (C=O) groups is 5. The third-order valence-corrected chi connectivity index (χ3v) is 7.20. The van der Waals surface area contributed by atoms with E-state index in [1.54, 1.807) is 13.8 Å². The molecule has 12 heteroatoms. The molecule has 1 aromatic rings. The van der Waals surface area contributed by atoms with Crippen LogP contribution in [0.15, 0.2) is 30.3 Å². The molecular weight excluding hydrogens is 580 g/mol. The van der Waals surface area contributed by atoms with Gasteiger partial charge in [0.1, 0.15) is 18.7 Å². The molecule has 1 heterocycles. The van der Waals surface area contributed by atoms with Crippen LogP contribution in [-0.4, -0.2) is 72.8 Å². The fraction of sp³-hybridized carbons (Fsp3) is 0.667. The lowest BCUT2D eigenvalue weighted by Crippen LogP contribution is -2.59. The van der Waals surface area contributed by atoms with Crippen molar-refractivity contribution in [1.82, 2.24) is 21.3 Å². The first-order chi connectivity index (χ1) is 21.2. The quantitative estimate of drug-likeness (QED) is 0.190. The van der Waals surface area contributed by atoms with Crippen molar-refractivity contribution in [2.24, 2.45) is 11.8 Å². The van der Waals surface area contributed by atoms with E-state index in [1.165, 1.54) is 0 Å². The average molecular weight is 633 g/mol. The Morgan fingerprint density at radius 1 is 0.978 bits per heavy atom. The van der Waals surface area contributed by atoms with Crippen molar-refractivity contribution in [1.29, 1.82) is 0 Å². The fourth-order valence-electron chi connectivity index (χ4n) is 5.17. The van der Waals surface area contributed by atoms with Crippen molar-refractivity contribution in [3.63, 3.8) is 0 Å². The molecule has 0 saturated carbocycles. The van der Waals surface area contributed by atoms with E-state index in [4.69, 9.17) is 14.2 Å². The van der Waals surface area contributed by atoms with Crippen molar-refractivity contribution in [3.05, 3.63) is 35.9 Å². The first-order valence-electron chi connectivity index (χ1n) is 15.9. The fourth-order valence-corrected chi connectivity index (χ4v) is 5.17. The van der Waals surface area contributed by atoms with E-state index < -0.39 is 47.7 Å². The monoisotopic (exact) mass is 632 g/mol. The van der Waals surface area contributed by atoms with Gasteiger partial charge in [-0.05, 0) is 71.8 Å². The third-order valence-electron chi connectivity index (χ3n) is 7.20. The van der Waals surface area contributed by atoms with Crippen LogP contribution in [0.1, 0.15) is 86.1 Å². The summed E-state index contributed by atoms with van der Waals surface area (Å²) in [7, 11) is 0. The van der Waals surface area contributed by atoms with E-state index in [2.05, 4.69) is 21.3 Å². The molecule has 1 aliphatic heterocycles. The first kappa shape index (κ1) is 37.5. The molecule has 0 unspecified atom stereocenters. The molecule has 0 aromatic heterocycles. The zero-order chi connectivity index (χ0) is 33.6. The molecule has 0 aliphatic carbocycles. The largest absolute Gasteiger partial charge is 0.466 e. The van der Waals surface area contributed by atoms with Crippen LogP contribution >= 0.6 is 0 Å². The van der Waals surface area contributed by atoms with Crippen LogP contribution in [0.25, 0.3) is 0 Å². The summed E-state index contributed by atoms with van der Waals surface area (Å²) in [6, 6.07) is 6.53. The van der Waals surface area contributed by atoms with Crippen LogP contribution in [0.4, 0.5) is 4.79 Å². The van der Waals surface area contributed by atoms with Gasteiger partial charge in [-0.3, -0.25) is 19.2 Å². The van der Waals surface area contributed by atoms with Crippen LogP contribution < -0.4 is 21.3 Å². The van der Waals surface area contributed by atoms with Crippen LogP contribution in [0.5, 0.6) is 0 Å². The van der Waals surface area contributed by atoms with Gasteiger partial charge in [0.05, 0.1) is 18.3 Å². The van der Waals surface area contributed by atoms with Gasteiger partial charge >= 0.3 is 12.1 Å². The Labute approximate surface area is 267 Å². The number of carbonyl (C=O) groups excluding carboxylic acids is 5. The van der Waals surface area contributed by atoms with Gasteiger partial charge in [-0.2, -0.15) is 0 Å². The highest BCUT2D eigenvalue weighted by atomic mass is 16.6. The van der Waals surface area contributed by atoms with Crippen molar-refractivity contribution in [2.75, 3.05) is 13.2 Å². The number of esters is 1. The third kappa shape index (κ3) is 14.3. The lowest BCUT2D eigenvalue weighted by Gasteiger charge is -2.32. The maximum Gasteiger partial charge on any atom is 0.408 e. The van der Waals surface area contributed by atoms with E-state index >= 15 is 0 Å². The molecule has 252 valence electrons. The molecule has 1 aromatic carbocycles. The van der Waals surface area contributed by atoms with Crippen LogP contribution in [0.3, 0.4) is 0 Å².